The minimum atomic E-state index is -0.840. The number of hydrogen-bond acceptors (Lipinski definition) is 8. The molecule has 1 amide bonds. The molecule has 0 saturated heterocycles. The molecule has 35 heavy (non-hydrogen) atoms. The second kappa shape index (κ2) is 9.63. The Balaban J connectivity index is 1.86. The Labute approximate surface area is 203 Å². The van der Waals surface area contributed by atoms with Gasteiger partial charge in [-0.25, -0.2) is 9.37 Å². The van der Waals surface area contributed by atoms with Gasteiger partial charge in [0.05, 0.1) is 17.6 Å². The number of aromatic nitrogens is 5. The summed E-state index contributed by atoms with van der Waals surface area (Å²) in [5.41, 5.74) is 0.411. The van der Waals surface area contributed by atoms with Crippen LogP contribution in [-0.4, -0.2) is 35.7 Å². The fraction of sp³-hybridized carbons (Fsp3) is 0.217. The number of aryl methyl sites for hydroxylation is 1. The summed E-state index contributed by atoms with van der Waals surface area (Å²) in [5.74, 6) is -3.39. The fourth-order valence-corrected chi connectivity index (χ4v) is 4.01. The first-order valence-electron chi connectivity index (χ1n) is 10.4. The lowest BCUT2D eigenvalue weighted by Crippen LogP contribution is -2.29. The smallest absolute Gasteiger partial charge is 0.296 e. The first-order chi connectivity index (χ1) is 16.7. The molecule has 0 unspecified atom stereocenters. The number of amides is 1. The zero-order valence-electron chi connectivity index (χ0n) is 18.9. The van der Waals surface area contributed by atoms with Crippen molar-refractivity contribution >= 4 is 23.2 Å². The van der Waals surface area contributed by atoms with E-state index in [2.05, 4.69) is 29.9 Å². The molecular weight excluding hydrogens is 479 g/mol. The van der Waals surface area contributed by atoms with Crippen molar-refractivity contribution in [2.75, 3.05) is 5.32 Å². The molecule has 1 aromatic carbocycles. The predicted octanol–water partition coefficient (Wildman–Crippen LogP) is 3.55. The van der Waals surface area contributed by atoms with E-state index in [0.717, 1.165) is 4.57 Å². The van der Waals surface area contributed by atoms with E-state index in [-0.39, 0.29) is 16.5 Å². The van der Waals surface area contributed by atoms with Crippen LogP contribution in [0, 0.1) is 12.7 Å². The van der Waals surface area contributed by atoms with Crippen molar-refractivity contribution in [3.05, 3.63) is 92.7 Å². The number of rotatable bonds is 6. The van der Waals surface area contributed by atoms with Gasteiger partial charge in [0, 0.05) is 36.3 Å². The van der Waals surface area contributed by atoms with Crippen LogP contribution < -0.4 is 10.9 Å². The highest BCUT2D eigenvalue weighted by Crippen LogP contribution is 2.40. The third-order valence-corrected chi connectivity index (χ3v) is 5.87. The third kappa shape index (κ3) is 4.76. The fourth-order valence-electron chi connectivity index (χ4n) is 3.78. The van der Waals surface area contributed by atoms with Crippen LogP contribution in [0.5, 0.6) is 5.75 Å². The van der Waals surface area contributed by atoms with E-state index in [1.54, 1.807) is 20.0 Å². The number of carbonyl (C=O) groups excluding carboxylic acids is 1. The highest BCUT2D eigenvalue weighted by molar-refractivity contribution is 6.31. The molecule has 3 heterocycles. The summed E-state index contributed by atoms with van der Waals surface area (Å²) in [6.45, 7) is 3.50. The Morgan fingerprint density at radius 2 is 2.03 bits per heavy atom. The number of benzene rings is 1. The van der Waals surface area contributed by atoms with Gasteiger partial charge in [0.25, 0.3) is 11.5 Å². The minimum Gasteiger partial charge on any atom is -0.501 e. The summed E-state index contributed by atoms with van der Waals surface area (Å²) < 4.78 is 20.0. The van der Waals surface area contributed by atoms with E-state index in [1.807, 2.05) is 0 Å². The first kappa shape index (κ1) is 24.0. The number of carbonyl (C=O) groups is 1. The van der Waals surface area contributed by atoms with Crippen molar-refractivity contribution in [3.8, 4) is 5.75 Å². The molecule has 2 atom stereocenters. The van der Waals surface area contributed by atoms with Crippen molar-refractivity contribution in [3.63, 3.8) is 0 Å². The molecule has 10 nitrogen and oxygen atoms in total. The van der Waals surface area contributed by atoms with Crippen molar-refractivity contribution in [2.45, 2.75) is 25.7 Å². The van der Waals surface area contributed by atoms with Crippen molar-refractivity contribution in [1.82, 2.24) is 24.7 Å². The Hall–Kier alpha value is -4.12. The maximum Gasteiger partial charge on any atom is 0.296 e. The predicted molar refractivity (Wildman–Crippen MR) is 124 cm³/mol. The third-order valence-electron chi connectivity index (χ3n) is 5.53. The molecule has 0 bridgehead atoms. The lowest BCUT2D eigenvalue weighted by atomic mass is 9.83. The molecule has 12 heteroatoms. The average Bonchev–Trinajstić information content (AvgIpc) is 3.34. The standard InChI is InChI=1S/C23H20ClFN6O4/c1-11-7-27-17(9-26-11)18(15-6-13(25)4-5-16(15)24)12(2)21-30-19(20(32)23(34)31(21)3)22(33)29-14-8-28-35-10-14/h4-10,12,18,32H,1-3H3,(H,29,33)/t12-,18-/m0/s1. The molecular formula is C23H20ClFN6O4. The van der Waals surface area contributed by atoms with Crippen LogP contribution in [0.1, 0.15) is 52.0 Å². The Kier molecular flexibility index (Phi) is 6.61. The van der Waals surface area contributed by atoms with Crippen LogP contribution in [0.4, 0.5) is 10.1 Å². The number of nitrogens with zero attached hydrogens (tertiary/aromatic N) is 5. The van der Waals surface area contributed by atoms with Gasteiger partial charge in [0.15, 0.2) is 5.69 Å². The molecule has 0 aliphatic carbocycles. The molecule has 0 spiro atoms. The Morgan fingerprint density at radius 3 is 2.69 bits per heavy atom. The van der Waals surface area contributed by atoms with Crippen LogP contribution >= 0.6 is 11.6 Å². The highest BCUT2D eigenvalue weighted by Gasteiger charge is 2.31. The maximum atomic E-state index is 14.2. The van der Waals surface area contributed by atoms with E-state index in [0.29, 0.717) is 17.0 Å². The molecule has 0 aliphatic heterocycles. The monoisotopic (exact) mass is 498 g/mol. The molecule has 4 rings (SSSR count). The maximum absolute atomic E-state index is 14.2. The van der Waals surface area contributed by atoms with Crippen LogP contribution in [0.3, 0.4) is 0 Å². The topological polar surface area (TPSA) is 136 Å². The SMILES string of the molecule is Cc1cnc([C@H](c2cc(F)ccc2Cl)[C@H](C)c2nc(C(=O)Nc3cnoc3)c(O)c(=O)n2C)cn1. The molecule has 3 aromatic heterocycles. The van der Waals surface area contributed by atoms with Gasteiger partial charge in [0.2, 0.25) is 5.75 Å². The zero-order chi connectivity index (χ0) is 25.3. The van der Waals surface area contributed by atoms with E-state index >= 15 is 0 Å². The average molecular weight is 499 g/mol. The van der Waals surface area contributed by atoms with E-state index in [1.165, 1.54) is 43.9 Å². The first-order valence-corrected chi connectivity index (χ1v) is 10.8. The van der Waals surface area contributed by atoms with Gasteiger partial charge >= 0.3 is 0 Å². The number of nitrogens with one attached hydrogen (secondary N) is 1. The number of anilines is 1. The van der Waals surface area contributed by atoms with Crippen molar-refractivity contribution in [1.29, 1.82) is 0 Å². The molecule has 0 saturated carbocycles. The van der Waals surface area contributed by atoms with Crippen molar-refractivity contribution < 1.29 is 18.8 Å². The highest BCUT2D eigenvalue weighted by atomic mass is 35.5. The van der Waals surface area contributed by atoms with Crippen LogP contribution in [0.2, 0.25) is 5.02 Å². The molecule has 180 valence electrons. The van der Waals surface area contributed by atoms with Gasteiger partial charge in [0.1, 0.15) is 23.6 Å². The lowest BCUT2D eigenvalue weighted by Gasteiger charge is -2.26. The summed E-state index contributed by atoms with van der Waals surface area (Å²) in [6, 6.07) is 3.94. The van der Waals surface area contributed by atoms with Gasteiger partial charge in [-0.15, -0.1) is 0 Å². The molecule has 0 fully saturated rings. The largest absolute Gasteiger partial charge is 0.501 e. The van der Waals surface area contributed by atoms with Gasteiger partial charge in [-0.05, 0) is 30.7 Å². The molecule has 4 aromatic rings. The van der Waals surface area contributed by atoms with Gasteiger partial charge < -0.3 is 14.9 Å². The van der Waals surface area contributed by atoms with Crippen LogP contribution in [-0.2, 0) is 7.05 Å². The van der Waals surface area contributed by atoms with E-state index in [4.69, 9.17) is 11.6 Å². The number of hydrogen-bond donors (Lipinski definition) is 2. The van der Waals surface area contributed by atoms with Crippen LogP contribution in [0.15, 0.2) is 52.4 Å². The zero-order valence-corrected chi connectivity index (χ0v) is 19.6. The normalized spacial score (nSPS) is 12.8. The second-order valence-electron chi connectivity index (χ2n) is 7.91. The lowest BCUT2D eigenvalue weighted by molar-refractivity contribution is 0.101. The minimum absolute atomic E-state index is 0.135. The van der Waals surface area contributed by atoms with Gasteiger partial charge in [-0.3, -0.25) is 24.1 Å². The van der Waals surface area contributed by atoms with E-state index in [9.17, 15) is 19.1 Å². The second-order valence-corrected chi connectivity index (χ2v) is 8.32. The number of halogens is 2. The quantitative estimate of drug-likeness (QED) is 0.412. The van der Waals surface area contributed by atoms with Gasteiger partial charge in [-0.2, -0.15) is 0 Å². The number of aromatic hydroxyl groups is 1. The van der Waals surface area contributed by atoms with E-state index < -0.39 is 40.6 Å². The Bertz CT molecular complexity index is 1440. The Morgan fingerprint density at radius 1 is 1.26 bits per heavy atom. The van der Waals surface area contributed by atoms with Gasteiger partial charge in [-0.1, -0.05) is 23.7 Å². The molecule has 2 N–H and O–H groups in total. The van der Waals surface area contributed by atoms with Crippen LogP contribution in [0.25, 0.3) is 0 Å². The summed E-state index contributed by atoms with van der Waals surface area (Å²) >= 11 is 6.44. The molecule has 0 aliphatic rings. The molecule has 0 radical (unpaired) electrons. The van der Waals surface area contributed by atoms with Crippen molar-refractivity contribution in [2.24, 2.45) is 7.05 Å². The summed E-state index contributed by atoms with van der Waals surface area (Å²) in [4.78, 5) is 38.7. The summed E-state index contributed by atoms with van der Waals surface area (Å²) in [7, 11) is 1.41. The summed E-state index contributed by atoms with van der Waals surface area (Å²) in [5, 5.41) is 16.6. The summed E-state index contributed by atoms with van der Waals surface area (Å²) in [6.07, 6.45) is 5.52.